The molecule has 0 amide bonds. The largest absolute Gasteiger partial charge is 0.370 e. The fourth-order valence-corrected chi connectivity index (χ4v) is 2.96. The average Bonchev–Trinajstić information content (AvgIpc) is 3.08. The Balaban J connectivity index is 1.59. The molecular formula is C16H19ClFN3O. The van der Waals surface area contributed by atoms with Crippen LogP contribution in [0.25, 0.3) is 0 Å². The molecule has 0 aliphatic carbocycles. The monoisotopic (exact) mass is 323 g/mol. The van der Waals surface area contributed by atoms with Crippen molar-refractivity contribution in [3.05, 3.63) is 46.1 Å². The Morgan fingerprint density at radius 3 is 2.95 bits per heavy atom. The Bertz CT molecular complexity index is 654. The second-order valence-corrected chi connectivity index (χ2v) is 6.12. The molecule has 2 heterocycles. The molecule has 1 aromatic carbocycles. The van der Waals surface area contributed by atoms with E-state index < -0.39 is 0 Å². The molecule has 4 nitrogen and oxygen atoms in total. The summed E-state index contributed by atoms with van der Waals surface area (Å²) >= 11 is 5.73. The van der Waals surface area contributed by atoms with Crippen LogP contribution in [0.3, 0.4) is 0 Å². The van der Waals surface area contributed by atoms with Gasteiger partial charge >= 0.3 is 0 Å². The van der Waals surface area contributed by atoms with Gasteiger partial charge in [-0.05, 0) is 38.5 Å². The molecule has 6 heteroatoms. The second kappa shape index (κ2) is 6.26. The molecule has 22 heavy (non-hydrogen) atoms. The molecule has 1 N–H and O–H groups in total. The summed E-state index contributed by atoms with van der Waals surface area (Å²) in [6.07, 6.45) is 1.02. The number of aryl methyl sites for hydroxylation is 2. The topological polar surface area (TPSA) is 41.3 Å². The molecule has 1 atom stereocenters. The van der Waals surface area contributed by atoms with Gasteiger partial charge in [-0.3, -0.25) is 0 Å². The molecule has 1 aliphatic heterocycles. The highest BCUT2D eigenvalue weighted by Gasteiger charge is 2.23. The highest BCUT2D eigenvalue weighted by atomic mass is 35.5. The van der Waals surface area contributed by atoms with Crippen LogP contribution in [0, 0.1) is 19.7 Å². The molecule has 0 radical (unpaired) electrons. The van der Waals surface area contributed by atoms with Crippen molar-refractivity contribution in [2.24, 2.45) is 0 Å². The first-order chi connectivity index (χ1) is 10.5. The molecular weight excluding hydrogens is 305 g/mol. The van der Waals surface area contributed by atoms with Gasteiger partial charge in [0.25, 0.3) is 0 Å². The van der Waals surface area contributed by atoms with Crippen LogP contribution < -0.4 is 10.2 Å². The van der Waals surface area contributed by atoms with E-state index in [0.29, 0.717) is 6.04 Å². The normalized spacial score (nSPS) is 18.2. The Morgan fingerprint density at radius 1 is 1.45 bits per heavy atom. The van der Waals surface area contributed by atoms with Crippen LogP contribution in [-0.4, -0.2) is 24.3 Å². The molecule has 1 fully saturated rings. The number of nitrogens with zero attached hydrogens (tertiary/aromatic N) is 2. The number of anilines is 1. The van der Waals surface area contributed by atoms with Crippen LogP contribution in [0.15, 0.2) is 22.7 Å². The summed E-state index contributed by atoms with van der Waals surface area (Å²) in [5.41, 5.74) is 2.93. The molecule has 118 valence electrons. The number of halogens is 2. The van der Waals surface area contributed by atoms with E-state index in [0.717, 1.165) is 48.8 Å². The number of rotatable bonds is 4. The zero-order chi connectivity index (χ0) is 15.7. The third-order valence-corrected chi connectivity index (χ3v) is 4.51. The fraction of sp³-hybridized carbons (Fsp3) is 0.438. The van der Waals surface area contributed by atoms with E-state index >= 15 is 0 Å². The van der Waals surface area contributed by atoms with Crippen molar-refractivity contribution in [2.45, 2.75) is 32.9 Å². The quantitative estimate of drug-likeness (QED) is 0.935. The van der Waals surface area contributed by atoms with E-state index in [4.69, 9.17) is 16.1 Å². The summed E-state index contributed by atoms with van der Waals surface area (Å²) in [5, 5.41) is 7.66. The van der Waals surface area contributed by atoms with Crippen molar-refractivity contribution >= 4 is 17.3 Å². The van der Waals surface area contributed by atoms with E-state index in [1.54, 1.807) is 6.07 Å². The lowest BCUT2D eigenvalue weighted by molar-refractivity contribution is 0.391. The van der Waals surface area contributed by atoms with Crippen LogP contribution in [0.4, 0.5) is 10.1 Å². The molecule has 2 aromatic rings. The van der Waals surface area contributed by atoms with Crippen molar-refractivity contribution < 1.29 is 8.91 Å². The van der Waals surface area contributed by atoms with E-state index in [-0.39, 0.29) is 10.8 Å². The van der Waals surface area contributed by atoms with Gasteiger partial charge in [-0.2, -0.15) is 0 Å². The maximum Gasteiger partial charge on any atom is 0.143 e. The molecule has 1 aromatic heterocycles. The average molecular weight is 324 g/mol. The first-order valence-electron chi connectivity index (χ1n) is 7.39. The van der Waals surface area contributed by atoms with Crippen LogP contribution >= 0.6 is 11.6 Å². The van der Waals surface area contributed by atoms with Gasteiger partial charge in [0.15, 0.2) is 0 Å². The smallest absolute Gasteiger partial charge is 0.143 e. The van der Waals surface area contributed by atoms with Crippen LogP contribution in [0.2, 0.25) is 5.02 Å². The van der Waals surface area contributed by atoms with E-state index in [9.17, 15) is 4.39 Å². The van der Waals surface area contributed by atoms with Gasteiger partial charge in [0.1, 0.15) is 11.6 Å². The maximum absolute atomic E-state index is 13.6. The van der Waals surface area contributed by atoms with Gasteiger partial charge in [0.2, 0.25) is 0 Å². The standard InChI is InChI=1S/C16H19ClFN3O/c1-10-14(11(2)22-20-10)8-19-12-5-6-21(9-12)13-3-4-15(17)16(18)7-13/h3-4,7,12,19H,5-6,8-9H2,1-2H3. The highest BCUT2D eigenvalue weighted by Crippen LogP contribution is 2.25. The summed E-state index contributed by atoms with van der Waals surface area (Å²) in [5.74, 6) is 0.492. The van der Waals surface area contributed by atoms with Crippen LogP contribution in [0.1, 0.15) is 23.4 Å². The van der Waals surface area contributed by atoms with Gasteiger partial charge in [-0.1, -0.05) is 16.8 Å². The van der Waals surface area contributed by atoms with Gasteiger partial charge in [-0.25, -0.2) is 4.39 Å². The lowest BCUT2D eigenvalue weighted by atomic mass is 10.2. The lowest BCUT2D eigenvalue weighted by Gasteiger charge is -2.19. The van der Waals surface area contributed by atoms with Crippen molar-refractivity contribution in [3.63, 3.8) is 0 Å². The third kappa shape index (κ3) is 3.10. The fourth-order valence-electron chi connectivity index (χ4n) is 2.84. The zero-order valence-corrected chi connectivity index (χ0v) is 13.5. The van der Waals surface area contributed by atoms with E-state index in [1.165, 1.54) is 6.07 Å². The summed E-state index contributed by atoms with van der Waals surface area (Å²) in [4.78, 5) is 2.17. The van der Waals surface area contributed by atoms with Gasteiger partial charge < -0.3 is 14.7 Å². The Hall–Kier alpha value is -1.59. The molecule has 1 aliphatic rings. The zero-order valence-electron chi connectivity index (χ0n) is 12.7. The third-order valence-electron chi connectivity index (χ3n) is 4.21. The SMILES string of the molecule is Cc1noc(C)c1CNC1CCN(c2ccc(Cl)c(F)c2)C1. The highest BCUT2D eigenvalue weighted by molar-refractivity contribution is 6.30. The Kier molecular flexibility index (Phi) is 4.36. The van der Waals surface area contributed by atoms with Crippen molar-refractivity contribution in [2.75, 3.05) is 18.0 Å². The van der Waals surface area contributed by atoms with Gasteiger partial charge in [0.05, 0.1) is 10.7 Å². The minimum atomic E-state index is -0.369. The first-order valence-corrected chi connectivity index (χ1v) is 7.77. The summed E-state index contributed by atoms with van der Waals surface area (Å²) in [6, 6.07) is 5.34. The second-order valence-electron chi connectivity index (χ2n) is 5.71. The van der Waals surface area contributed by atoms with E-state index in [1.807, 2.05) is 19.9 Å². The van der Waals surface area contributed by atoms with Crippen molar-refractivity contribution in [1.82, 2.24) is 10.5 Å². The van der Waals surface area contributed by atoms with Crippen LogP contribution in [0.5, 0.6) is 0 Å². The summed E-state index contributed by atoms with van der Waals surface area (Å²) < 4.78 is 18.7. The molecule has 1 saturated heterocycles. The predicted molar refractivity (Wildman–Crippen MR) is 84.8 cm³/mol. The number of benzene rings is 1. The van der Waals surface area contributed by atoms with Crippen molar-refractivity contribution in [3.8, 4) is 0 Å². The van der Waals surface area contributed by atoms with Gasteiger partial charge in [0, 0.05) is 36.9 Å². The number of aromatic nitrogens is 1. The lowest BCUT2D eigenvalue weighted by Crippen LogP contribution is -2.32. The molecule has 0 saturated carbocycles. The summed E-state index contributed by atoms with van der Waals surface area (Å²) in [6.45, 7) is 6.37. The number of nitrogens with one attached hydrogen (secondary N) is 1. The molecule has 1 unspecified atom stereocenters. The minimum Gasteiger partial charge on any atom is -0.370 e. The number of hydrogen-bond acceptors (Lipinski definition) is 4. The molecule has 0 spiro atoms. The van der Waals surface area contributed by atoms with Crippen molar-refractivity contribution in [1.29, 1.82) is 0 Å². The van der Waals surface area contributed by atoms with E-state index in [2.05, 4.69) is 15.4 Å². The Morgan fingerprint density at radius 2 is 2.27 bits per heavy atom. The van der Waals surface area contributed by atoms with Gasteiger partial charge in [-0.15, -0.1) is 0 Å². The molecule has 0 bridgehead atoms. The summed E-state index contributed by atoms with van der Waals surface area (Å²) in [7, 11) is 0. The Labute approximate surface area is 134 Å². The minimum absolute atomic E-state index is 0.163. The predicted octanol–water partition coefficient (Wildman–Crippen LogP) is 3.45. The van der Waals surface area contributed by atoms with Crippen LogP contribution in [-0.2, 0) is 6.54 Å². The number of hydrogen-bond donors (Lipinski definition) is 1. The molecule has 3 rings (SSSR count). The first kappa shape index (κ1) is 15.3. The maximum atomic E-state index is 13.6.